The lowest BCUT2D eigenvalue weighted by Gasteiger charge is -2.22. The summed E-state index contributed by atoms with van der Waals surface area (Å²) < 4.78 is 25.1. The van der Waals surface area contributed by atoms with Crippen LogP contribution in [-0.4, -0.2) is 46.4 Å². The Morgan fingerprint density at radius 3 is 2.17 bits per heavy atom. The third-order valence-corrected chi connectivity index (χ3v) is 6.18. The molecule has 4 atom stereocenters. The molecule has 0 bridgehead atoms. The van der Waals surface area contributed by atoms with Gasteiger partial charge in [-0.1, -0.05) is 35.4 Å². The third-order valence-electron chi connectivity index (χ3n) is 6.18. The number of ether oxygens (including phenoxy) is 4. The highest BCUT2D eigenvalue weighted by Crippen LogP contribution is 2.42. The van der Waals surface area contributed by atoms with Crippen molar-refractivity contribution in [2.45, 2.75) is 45.3 Å². The van der Waals surface area contributed by atoms with Crippen LogP contribution < -0.4 is 10.3 Å². The maximum absolute atomic E-state index is 12.9. The van der Waals surface area contributed by atoms with Crippen LogP contribution in [0.4, 0.5) is 0 Å². The average Bonchev–Trinajstić information content (AvgIpc) is 3.37. The van der Waals surface area contributed by atoms with Gasteiger partial charge in [0.1, 0.15) is 19.0 Å². The minimum Gasteiger partial charge on any atom is -0.466 e. The number of benzene rings is 2. The van der Waals surface area contributed by atoms with Gasteiger partial charge in [-0.3, -0.25) is 9.36 Å². The van der Waals surface area contributed by atoms with Crippen molar-refractivity contribution >= 4 is 11.9 Å². The average molecular weight is 476 g/mol. The number of aromatic nitrogens is 2. The molecule has 0 saturated carbocycles. The molecule has 1 aromatic heterocycles. The first-order chi connectivity index (χ1) is 16.8. The summed E-state index contributed by atoms with van der Waals surface area (Å²) in [6.45, 7) is 5.30. The molecule has 1 fully saturated rings. The molecular weight excluding hydrogens is 452 g/mol. The number of fused-ring (bicyclic) bond motifs is 3. The Bertz CT molecular complexity index is 1330. The Hall–Kier alpha value is -3.98. The number of nitrogens with zero attached hydrogens (tertiary/aromatic N) is 2. The van der Waals surface area contributed by atoms with Gasteiger partial charge in [-0.2, -0.15) is 4.98 Å². The zero-order chi connectivity index (χ0) is 24.7. The van der Waals surface area contributed by atoms with E-state index in [1.54, 1.807) is 35.8 Å². The molecular formula is C26H24N2O7. The van der Waals surface area contributed by atoms with E-state index in [0.29, 0.717) is 22.6 Å². The van der Waals surface area contributed by atoms with Gasteiger partial charge in [0.15, 0.2) is 18.4 Å². The second-order valence-electron chi connectivity index (χ2n) is 8.74. The molecule has 35 heavy (non-hydrogen) atoms. The van der Waals surface area contributed by atoms with E-state index < -0.39 is 42.0 Å². The fourth-order valence-electron chi connectivity index (χ4n) is 4.15. The van der Waals surface area contributed by atoms with Crippen LogP contribution in [0, 0.1) is 20.8 Å². The standard InChI is InChI=1S/C26H24N2O7/c1-14-4-8-17(9-5-14)25(30)32-12-19-20(35-26(31)18-10-6-15(2)7-11-18)21-24(33-19)28-13-27-22(29)16(3)23(28)34-21/h4-11,13,19-21,24H,12H2,1-3H3. The van der Waals surface area contributed by atoms with Crippen LogP contribution in [0.1, 0.15) is 43.6 Å². The number of carbonyl (C=O) groups is 2. The topological polar surface area (TPSA) is 106 Å². The van der Waals surface area contributed by atoms with E-state index >= 15 is 0 Å². The molecule has 0 N–H and O–H groups in total. The maximum atomic E-state index is 12.9. The van der Waals surface area contributed by atoms with Gasteiger partial charge in [0.2, 0.25) is 5.88 Å². The quantitative estimate of drug-likeness (QED) is 0.518. The van der Waals surface area contributed by atoms with Crippen LogP contribution in [-0.2, 0) is 14.2 Å². The highest BCUT2D eigenvalue weighted by Gasteiger charge is 2.54. The number of rotatable bonds is 5. The van der Waals surface area contributed by atoms with Crippen molar-refractivity contribution in [2.24, 2.45) is 0 Å². The van der Waals surface area contributed by atoms with Gasteiger partial charge in [0, 0.05) is 0 Å². The minimum absolute atomic E-state index is 0.156. The smallest absolute Gasteiger partial charge is 0.338 e. The van der Waals surface area contributed by atoms with E-state index in [1.807, 2.05) is 38.1 Å². The number of esters is 2. The molecule has 0 spiro atoms. The lowest BCUT2D eigenvalue weighted by molar-refractivity contribution is -0.0574. The van der Waals surface area contributed by atoms with Crippen molar-refractivity contribution in [1.29, 1.82) is 0 Å². The van der Waals surface area contributed by atoms with Crippen LogP contribution in [0.3, 0.4) is 0 Å². The van der Waals surface area contributed by atoms with E-state index in [-0.39, 0.29) is 6.61 Å². The summed E-state index contributed by atoms with van der Waals surface area (Å²) in [5, 5.41) is 0. The minimum atomic E-state index is -0.894. The Labute approximate surface area is 201 Å². The van der Waals surface area contributed by atoms with E-state index in [9.17, 15) is 14.4 Å². The molecule has 2 aliphatic rings. The number of carbonyl (C=O) groups excluding carboxylic acids is 2. The molecule has 9 heteroatoms. The third kappa shape index (κ3) is 4.30. The van der Waals surface area contributed by atoms with Crippen LogP contribution in [0.5, 0.6) is 5.88 Å². The Balaban J connectivity index is 1.38. The zero-order valence-corrected chi connectivity index (χ0v) is 19.5. The molecule has 5 rings (SSSR count). The Morgan fingerprint density at radius 1 is 0.943 bits per heavy atom. The van der Waals surface area contributed by atoms with E-state index in [4.69, 9.17) is 18.9 Å². The SMILES string of the molecule is Cc1ccc(C(=O)OCC2OC3C(Oc4c(C)c(=O)ncn43)C2OC(=O)c2ccc(C)cc2)cc1. The molecule has 9 nitrogen and oxygen atoms in total. The summed E-state index contributed by atoms with van der Waals surface area (Å²) in [5.74, 6) is -0.763. The summed E-state index contributed by atoms with van der Waals surface area (Å²) in [6.07, 6.45) is -1.78. The van der Waals surface area contributed by atoms with Crippen molar-refractivity contribution in [2.75, 3.05) is 6.61 Å². The molecule has 0 amide bonds. The molecule has 180 valence electrons. The number of aryl methyl sites for hydroxylation is 2. The molecule has 1 saturated heterocycles. The van der Waals surface area contributed by atoms with Gasteiger partial charge in [-0.25, -0.2) is 9.59 Å². The number of hydrogen-bond acceptors (Lipinski definition) is 8. The summed E-state index contributed by atoms with van der Waals surface area (Å²) in [5.41, 5.74) is 2.73. The zero-order valence-electron chi connectivity index (χ0n) is 19.5. The summed E-state index contributed by atoms with van der Waals surface area (Å²) in [7, 11) is 0. The summed E-state index contributed by atoms with van der Waals surface area (Å²) in [6, 6.07) is 14.0. The largest absolute Gasteiger partial charge is 0.466 e. The van der Waals surface area contributed by atoms with Crippen LogP contribution >= 0.6 is 0 Å². The molecule has 0 radical (unpaired) electrons. The lowest BCUT2D eigenvalue weighted by Crippen LogP contribution is -2.40. The van der Waals surface area contributed by atoms with Crippen molar-refractivity contribution in [3.63, 3.8) is 0 Å². The molecule has 3 aromatic rings. The van der Waals surface area contributed by atoms with E-state index in [2.05, 4.69) is 4.98 Å². The fraction of sp³-hybridized carbons (Fsp3) is 0.308. The Morgan fingerprint density at radius 2 is 1.54 bits per heavy atom. The fourth-order valence-corrected chi connectivity index (χ4v) is 4.15. The number of hydrogen-bond donors (Lipinski definition) is 0. The van der Waals surface area contributed by atoms with Crippen molar-refractivity contribution in [3.8, 4) is 5.88 Å². The van der Waals surface area contributed by atoms with E-state index in [0.717, 1.165) is 11.1 Å². The highest BCUT2D eigenvalue weighted by molar-refractivity contribution is 5.90. The van der Waals surface area contributed by atoms with Crippen molar-refractivity contribution < 1.29 is 28.5 Å². The molecule has 4 unspecified atom stereocenters. The summed E-state index contributed by atoms with van der Waals surface area (Å²) >= 11 is 0. The predicted octanol–water partition coefficient (Wildman–Crippen LogP) is 2.91. The molecule has 2 aliphatic heterocycles. The van der Waals surface area contributed by atoms with Gasteiger partial charge in [-0.15, -0.1) is 0 Å². The van der Waals surface area contributed by atoms with Gasteiger partial charge in [0.25, 0.3) is 5.56 Å². The van der Waals surface area contributed by atoms with Gasteiger partial charge in [-0.05, 0) is 45.0 Å². The monoisotopic (exact) mass is 476 g/mol. The second-order valence-corrected chi connectivity index (χ2v) is 8.74. The first-order valence-electron chi connectivity index (χ1n) is 11.2. The first-order valence-corrected chi connectivity index (χ1v) is 11.2. The van der Waals surface area contributed by atoms with Gasteiger partial charge < -0.3 is 18.9 Å². The van der Waals surface area contributed by atoms with Gasteiger partial charge in [0.05, 0.1) is 16.7 Å². The summed E-state index contributed by atoms with van der Waals surface area (Å²) in [4.78, 5) is 41.3. The van der Waals surface area contributed by atoms with Crippen LogP contribution in [0.15, 0.2) is 59.7 Å². The van der Waals surface area contributed by atoms with Crippen molar-refractivity contribution in [1.82, 2.24) is 9.55 Å². The molecule has 0 aliphatic carbocycles. The van der Waals surface area contributed by atoms with E-state index in [1.165, 1.54) is 6.33 Å². The Kier molecular flexibility index (Phi) is 5.86. The maximum Gasteiger partial charge on any atom is 0.338 e. The highest BCUT2D eigenvalue weighted by atomic mass is 16.7. The van der Waals surface area contributed by atoms with Crippen LogP contribution in [0.25, 0.3) is 0 Å². The second kappa shape index (κ2) is 8.99. The molecule has 2 aromatic carbocycles. The van der Waals surface area contributed by atoms with Crippen molar-refractivity contribution in [3.05, 3.63) is 93.0 Å². The first kappa shape index (κ1) is 22.8. The van der Waals surface area contributed by atoms with Crippen LogP contribution in [0.2, 0.25) is 0 Å². The van der Waals surface area contributed by atoms with Gasteiger partial charge >= 0.3 is 11.9 Å². The lowest BCUT2D eigenvalue weighted by atomic mass is 10.1. The molecule has 3 heterocycles. The normalized spacial score (nSPS) is 22.1. The predicted molar refractivity (Wildman–Crippen MR) is 123 cm³/mol.